The average molecular weight is 182 g/mol. The topological polar surface area (TPSA) is 79.4 Å². The number of nitrogens with zero attached hydrogens (tertiary/aromatic N) is 1. The van der Waals surface area contributed by atoms with Gasteiger partial charge in [0.2, 0.25) is 0 Å². The lowest BCUT2D eigenvalue weighted by molar-refractivity contribution is 0.162. The third kappa shape index (κ3) is 2.24. The highest BCUT2D eigenvalue weighted by molar-refractivity contribution is 5.26. The van der Waals surface area contributed by atoms with Crippen LogP contribution in [0.5, 0.6) is 0 Å². The predicted molar refractivity (Wildman–Crippen MR) is 48.8 cm³/mol. The molecule has 0 spiro atoms. The van der Waals surface area contributed by atoms with E-state index in [1.165, 1.54) is 0 Å². The molecule has 0 aliphatic rings. The molecule has 1 aromatic heterocycles. The monoisotopic (exact) mass is 182 g/mol. The minimum Gasteiger partial charge on any atom is -0.392 e. The molecule has 72 valence electrons. The van der Waals surface area contributed by atoms with Crippen molar-refractivity contribution in [3.05, 3.63) is 29.6 Å². The summed E-state index contributed by atoms with van der Waals surface area (Å²) in [5.74, 6) is 0. The zero-order valence-electron chi connectivity index (χ0n) is 7.51. The van der Waals surface area contributed by atoms with Gasteiger partial charge in [-0.2, -0.15) is 0 Å². The summed E-state index contributed by atoms with van der Waals surface area (Å²) in [4.78, 5) is 3.86. The lowest BCUT2D eigenvalue weighted by Gasteiger charge is -2.17. The number of aliphatic hydroxyl groups excluding tert-OH is 2. The molecule has 1 aromatic rings. The maximum absolute atomic E-state index is 9.27. The molecule has 1 rings (SSSR count). The zero-order valence-corrected chi connectivity index (χ0v) is 7.51. The molecule has 0 fully saturated rings. The van der Waals surface area contributed by atoms with Crippen LogP contribution in [0.15, 0.2) is 18.5 Å². The van der Waals surface area contributed by atoms with Crippen molar-refractivity contribution in [1.82, 2.24) is 4.98 Å². The minimum atomic E-state index is -0.632. The number of hydrogen-bond donors (Lipinski definition) is 3. The van der Waals surface area contributed by atoms with Gasteiger partial charge in [0.05, 0.1) is 18.8 Å². The highest BCUT2D eigenvalue weighted by Crippen LogP contribution is 2.17. The molecule has 0 bridgehead atoms. The van der Waals surface area contributed by atoms with Crippen LogP contribution in [0.3, 0.4) is 0 Å². The fraction of sp³-hybridized carbons (Fsp3) is 0.444. The summed E-state index contributed by atoms with van der Waals surface area (Å²) in [6, 6.07) is 1.24. The molecular formula is C9H14N2O2. The summed E-state index contributed by atoms with van der Waals surface area (Å²) in [5.41, 5.74) is 7.13. The van der Waals surface area contributed by atoms with Gasteiger partial charge in [0, 0.05) is 18.0 Å². The molecule has 0 saturated heterocycles. The Bertz CT molecular complexity index is 276. The van der Waals surface area contributed by atoms with Gasteiger partial charge in [-0.1, -0.05) is 0 Å². The van der Waals surface area contributed by atoms with E-state index in [1.54, 1.807) is 25.4 Å². The van der Waals surface area contributed by atoms with Gasteiger partial charge in [-0.25, -0.2) is 0 Å². The lowest BCUT2D eigenvalue weighted by atomic mass is 10.0. The molecule has 0 aliphatic heterocycles. The molecule has 0 unspecified atom stereocenters. The van der Waals surface area contributed by atoms with Crippen LogP contribution in [0.25, 0.3) is 0 Å². The first-order valence-electron chi connectivity index (χ1n) is 4.14. The Labute approximate surface area is 77.0 Å². The molecule has 4 N–H and O–H groups in total. The Morgan fingerprint density at radius 2 is 2.31 bits per heavy atom. The molecule has 0 amide bonds. The van der Waals surface area contributed by atoms with Crippen LogP contribution in [-0.4, -0.2) is 21.3 Å². The van der Waals surface area contributed by atoms with Crippen molar-refractivity contribution in [1.29, 1.82) is 0 Å². The molecule has 4 nitrogen and oxygen atoms in total. The van der Waals surface area contributed by atoms with E-state index in [0.717, 1.165) is 5.56 Å². The lowest BCUT2D eigenvalue weighted by Crippen LogP contribution is -2.24. The van der Waals surface area contributed by atoms with Crippen LogP contribution < -0.4 is 5.73 Å². The summed E-state index contributed by atoms with van der Waals surface area (Å²) in [6.07, 6.45) is 2.52. The third-order valence-electron chi connectivity index (χ3n) is 1.99. The van der Waals surface area contributed by atoms with Crippen LogP contribution in [0.2, 0.25) is 0 Å². The Hall–Kier alpha value is -0.970. The third-order valence-corrected chi connectivity index (χ3v) is 1.99. The summed E-state index contributed by atoms with van der Waals surface area (Å²) in [5, 5.41) is 18.2. The van der Waals surface area contributed by atoms with Crippen molar-refractivity contribution in [2.24, 2.45) is 5.73 Å². The van der Waals surface area contributed by atoms with Gasteiger partial charge in [-0.3, -0.25) is 4.98 Å². The first kappa shape index (κ1) is 10.1. The molecule has 13 heavy (non-hydrogen) atoms. The molecule has 1 heterocycles. The van der Waals surface area contributed by atoms with Crippen molar-refractivity contribution in [3.8, 4) is 0 Å². The van der Waals surface area contributed by atoms with Crippen LogP contribution in [-0.2, 0) is 6.61 Å². The Balaban J connectivity index is 2.98. The number of rotatable bonds is 3. The largest absolute Gasteiger partial charge is 0.392 e. The van der Waals surface area contributed by atoms with Gasteiger partial charge >= 0.3 is 0 Å². The standard InChI is InChI=1S/C9H14N2O2/c1-6(13)9(10)8-2-3-11-4-7(8)5-12/h2-4,6,9,12-13H,5,10H2,1H3/t6-,9+/m0/s1. The van der Waals surface area contributed by atoms with Gasteiger partial charge in [0.1, 0.15) is 0 Å². The van der Waals surface area contributed by atoms with Crippen molar-refractivity contribution in [2.45, 2.75) is 25.7 Å². The number of pyridine rings is 1. The van der Waals surface area contributed by atoms with Crippen molar-refractivity contribution in [3.63, 3.8) is 0 Å². The normalized spacial score (nSPS) is 15.4. The molecule has 0 aromatic carbocycles. The quantitative estimate of drug-likeness (QED) is 0.612. The van der Waals surface area contributed by atoms with E-state index in [9.17, 15) is 5.11 Å². The van der Waals surface area contributed by atoms with Gasteiger partial charge < -0.3 is 15.9 Å². The van der Waals surface area contributed by atoms with Crippen LogP contribution in [0, 0.1) is 0 Å². The Kier molecular flexibility index (Phi) is 3.36. The SMILES string of the molecule is C[C@H](O)[C@@H](N)c1ccncc1CO. The smallest absolute Gasteiger partial charge is 0.0704 e. The van der Waals surface area contributed by atoms with Gasteiger partial charge in [-0.05, 0) is 18.6 Å². The van der Waals surface area contributed by atoms with E-state index in [-0.39, 0.29) is 6.61 Å². The van der Waals surface area contributed by atoms with E-state index in [1.807, 2.05) is 0 Å². The maximum Gasteiger partial charge on any atom is 0.0704 e. The first-order chi connectivity index (χ1) is 6.16. The van der Waals surface area contributed by atoms with Gasteiger partial charge in [0.25, 0.3) is 0 Å². The van der Waals surface area contributed by atoms with Gasteiger partial charge in [0.15, 0.2) is 0 Å². The summed E-state index contributed by atoms with van der Waals surface area (Å²) >= 11 is 0. The van der Waals surface area contributed by atoms with E-state index < -0.39 is 12.1 Å². The summed E-state index contributed by atoms with van der Waals surface area (Å²) < 4.78 is 0. The van der Waals surface area contributed by atoms with E-state index in [4.69, 9.17) is 10.8 Å². The molecule has 4 heteroatoms. The minimum absolute atomic E-state index is 0.108. The highest BCUT2D eigenvalue weighted by atomic mass is 16.3. The van der Waals surface area contributed by atoms with Crippen LogP contribution in [0.4, 0.5) is 0 Å². The summed E-state index contributed by atoms with van der Waals surface area (Å²) in [6.45, 7) is 1.51. The van der Waals surface area contributed by atoms with E-state index in [2.05, 4.69) is 4.98 Å². The van der Waals surface area contributed by atoms with Crippen molar-refractivity contribution < 1.29 is 10.2 Å². The second kappa shape index (κ2) is 4.32. The molecule has 2 atom stereocenters. The van der Waals surface area contributed by atoms with Crippen LogP contribution >= 0.6 is 0 Å². The first-order valence-corrected chi connectivity index (χ1v) is 4.14. The second-order valence-corrected chi connectivity index (χ2v) is 3.00. The molecule has 0 aliphatic carbocycles. The van der Waals surface area contributed by atoms with Crippen molar-refractivity contribution >= 4 is 0 Å². The molecular weight excluding hydrogens is 168 g/mol. The van der Waals surface area contributed by atoms with Crippen molar-refractivity contribution in [2.75, 3.05) is 0 Å². The fourth-order valence-electron chi connectivity index (χ4n) is 1.16. The number of aromatic nitrogens is 1. The van der Waals surface area contributed by atoms with E-state index >= 15 is 0 Å². The maximum atomic E-state index is 9.27. The fourth-order valence-corrected chi connectivity index (χ4v) is 1.16. The summed E-state index contributed by atoms with van der Waals surface area (Å²) in [7, 11) is 0. The number of hydrogen-bond acceptors (Lipinski definition) is 4. The average Bonchev–Trinajstić information content (AvgIpc) is 2.16. The second-order valence-electron chi connectivity index (χ2n) is 3.00. The predicted octanol–water partition coefficient (Wildman–Crippen LogP) is -0.0455. The highest BCUT2D eigenvalue weighted by Gasteiger charge is 2.14. The Morgan fingerprint density at radius 1 is 1.62 bits per heavy atom. The molecule has 0 radical (unpaired) electrons. The molecule has 0 saturated carbocycles. The number of nitrogens with two attached hydrogens (primary N) is 1. The van der Waals surface area contributed by atoms with E-state index in [0.29, 0.717) is 5.56 Å². The Morgan fingerprint density at radius 3 is 2.85 bits per heavy atom. The number of aliphatic hydroxyl groups is 2. The van der Waals surface area contributed by atoms with Crippen LogP contribution in [0.1, 0.15) is 24.1 Å². The zero-order chi connectivity index (χ0) is 9.84. The van der Waals surface area contributed by atoms with Gasteiger partial charge in [-0.15, -0.1) is 0 Å².